The molecule has 0 atom stereocenters. The number of rotatable bonds is 5. The molecule has 0 amide bonds. The van der Waals surface area contributed by atoms with Gasteiger partial charge in [0.1, 0.15) is 5.75 Å². The van der Waals surface area contributed by atoms with Crippen LogP contribution in [0.1, 0.15) is 18.1 Å². The Balaban J connectivity index is 2.03. The number of nitrogens with one attached hydrogen (secondary N) is 1. The lowest BCUT2D eigenvalue weighted by Crippen LogP contribution is -2.03. The van der Waals surface area contributed by atoms with Crippen molar-refractivity contribution in [1.82, 2.24) is 0 Å². The minimum absolute atomic E-state index is 0.132. The van der Waals surface area contributed by atoms with Crippen LogP contribution in [0.25, 0.3) is 0 Å². The second kappa shape index (κ2) is 6.83. The third-order valence-corrected chi connectivity index (χ3v) is 2.90. The fraction of sp³-hybridized carbons (Fsp3) is 0.188. The van der Waals surface area contributed by atoms with Gasteiger partial charge in [0, 0.05) is 0 Å². The highest BCUT2D eigenvalue weighted by Crippen LogP contribution is 2.16. The van der Waals surface area contributed by atoms with E-state index in [4.69, 9.17) is 0 Å². The van der Waals surface area contributed by atoms with Crippen molar-refractivity contribution in [3.05, 3.63) is 59.7 Å². The first-order valence-corrected chi connectivity index (χ1v) is 6.47. The van der Waals surface area contributed by atoms with Gasteiger partial charge in [0.05, 0.1) is 11.4 Å². The van der Waals surface area contributed by atoms with E-state index in [-0.39, 0.29) is 5.75 Å². The van der Waals surface area contributed by atoms with Crippen LogP contribution in [-0.2, 0) is 0 Å². The van der Waals surface area contributed by atoms with Crippen LogP contribution in [0.4, 0.5) is 14.5 Å². The van der Waals surface area contributed by atoms with E-state index in [0.29, 0.717) is 0 Å². The van der Waals surface area contributed by atoms with Gasteiger partial charge < -0.3 is 4.74 Å². The van der Waals surface area contributed by atoms with Crippen molar-refractivity contribution < 1.29 is 13.5 Å². The normalized spacial score (nSPS) is 11.6. The van der Waals surface area contributed by atoms with E-state index in [9.17, 15) is 8.78 Å². The molecule has 5 heteroatoms. The molecule has 0 saturated heterocycles. The van der Waals surface area contributed by atoms with E-state index in [1.165, 1.54) is 17.7 Å². The van der Waals surface area contributed by atoms with Gasteiger partial charge in [0.15, 0.2) is 0 Å². The molecule has 1 N–H and O–H groups in total. The van der Waals surface area contributed by atoms with Crippen molar-refractivity contribution in [3.63, 3.8) is 0 Å². The lowest BCUT2D eigenvalue weighted by atomic mass is 10.1. The van der Waals surface area contributed by atoms with Gasteiger partial charge in [0.25, 0.3) is 0 Å². The summed E-state index contributed by atoms with van der Waals surface area (Å²) in [5, 5.41) is 4.26. The molecule has 110 valence electrons. The second-order valence-electron chi connectivity index (χ2n) is 4.58. The SMILES string of the molecule is C/C(=N/Nc1ccc(C)cc1)c1ccc(OC(F)F)cc1. The van der Waals surface area contributed by atoms with E-state index in [2.05, 4.69) is 15.3 Å². The van der Waals surface area contributed by atoms with Gasteiger partial charge in [-0.15, -0.1) is 0 Å². The van der Waals surface area contributed by atoms with Gasteiger partial charge in [-0.3, -0.25) is 5.43 Å². The Labute approximate surface area is 122 Å². The fourth-order valence-corrected chi connectivity index (χ4v) is 1.72. The number of ether oxygens (including phenoxy) is 1. The Bertz CT molecular complexity index is 607. The third kappa shape index (κ3) is 4.56. The number of benzene rings is 2. The number of anilines is 1. The summed E-state index contributed by atoms with van der Waals surface area (Å²) in [4.78, 5) is 0. The lowest BCUT2D eigenvalue weighted by molar-refractivity contribution is -0.0498. The molecule has 0 aliphatic rings. The standard InChI is InChI=1S/C16H16F2N2O/c1-11-3-7-14(8-4-11)20-19-12(2)13-5-9-15(10-6-13)21-16(17)18/h3-10,16,20H,1-2H3/b19-12-. The van der Waals surface area contributed by atoms with Gasteiger partial charge in [-0.05, 0) is 55.8 Å². The van der Waals surface area contributed by atoms with Crippen molar-refractivity contribution in [2.24, 2.45) is 5.10 Å². The first-order chi connectivity index (χ1) is 10.0. The zero-order valence-corrected chi connectivity index (χ0v) is 11.8. The Hall–Kier alpha value is -2.43. The number of hydrogen-bond donors (Lipinski definition) is 1. The number of alkyl halides is 2. The number of halogens is 2. The first kappa shape index (κ1) is 15.0. The van der Waals surface area contributed by atoms with Gasteiger partial charge >= 0.3 is 6.61 Å². The molecule has 2 aromatic rings. The number of hydrazone groups is 1. The molecule has 0 heterocycles. The van der Waals surface area contributed by atoms with E-state index in [1.54, 1.807) is 12.1 Å². The quantitative estimate of drug-likeness (QED) is 0.652. The van der Waals surface area contributed by atoms with Crippen LogP contribution in [-0.4, -0.2) is 12.3 Å². The van der Waals surface area contributed by atoms with Gasteiger partial charge in [0.2, 0.25) is 0 Å². The molecule has 0 spiro atoms. The molecule has 0 aromatic heterocycles. The van der Waals surface area contributed by atoms with Crippen LogP contribution < -0.4 is 10.2 Å². The number of aryl methyl sites for hydroxylation is 1. The van der Waals surface area contributed by atoms with Crippen LogP contribution in [0.15, 0.2) is 53.6 Å². The van der Waals surface area contributed by atoms with Crippen molar-refractivity contribution in [2.75, 3.05) is 5.43 Å². The maximum atomic E-state index is 12.1. The molecular weight excluding hydrogens is 274 g/mol. The molecule has 0 unspecified atom stereocenters. The number of nitrogens with zero attached hydrogens (tertiary/aromatic N) is 1. The first-order valence-electron chi connectivity index (χ1n) is 6.47. The lowest BCUT2D eigenvalue weighted by Gasteiger charge is -2.06. The summed E-state index contributed by atoms with van der Waals surface area (Å²) in [5.41, 5.74) is 6.60. The predicted molar refractivity (Wildman–Crippen MR) is 80.1 cm³/mol. The van der Waals surface area contributed by atoms with Crippen molar-refractivity contribution in [2.45, 2.75) is 20.5 Å². The zero-order valence-electron chi connectivity index (χ0n) is 11.8. The monoisotopic (exact) mass is 290 g/mol. The molecule has 0 aliphatic heterocycles. The molecule has 0 radical (unpaired) electrons. The minimum Gasteiger partial charge on any atom is -0.435 e. The molecule has 2 aromatic carbocycles. The van der Waals surface area contributed by atoms with Crippen LogP contribution >= 0.6 is 0 Å². The Morgan fingerprint density at radius 3 is 2.24 bits per heavy atom. The average Bonchev–Trinajstić information content (AvgIpc) is 2.46. The molecule has 0 bridgehead atoms. The Kier molecular flexibility index (Phi) is 4.87. The van der Waals surface area contributed by atoms with Crippen molar-refractivity contribution in [1.29, 1.82) is 0 Å². The molecule has 21 heavy (non-hydrogen) atoms. The molecule has 0 fully saturated rings. The fourth-order valence-electron chi connectivity index (χ4n) is 1.72. The van der Waals surface area contributed by atoms with Crippen LogP contribution in [0.5, 0.6) is 5.75 Å². The highest BCUT2D eigenvalue weighted by molar-refractivity contribution is 5.99. The second-order valence-corrected chi connectivity index (χ2v) is 4.58. The van der Waals surface area contributed by atoms with Gasteiger partial charge in [-0.25, -0.2) is 0 Å². The van der Waals surface area contributed by atoms with E-state index in [0.717, 1.165) is 17.0 Å². The average molecular weight is 290 g/mol. The summed E-state index contributed by atoms with van der Waals surface area (Å²) < 4.78 is 28.4. The summed E-state index contributed by atoms with van der Waals surface area (Å²) in [6.45, 7) is 1.04. The molecule has 2 rings (SSSR count). The van der Waals surface area contributed by atoms with Crippen LogP contribution in [0.3, 0.4) is 0 Å². The van der Waals surface area contributed by atoms with Crippen LogP contribution in [0.2, 0.25) is 0 Å². The third-order valence-electron chi connectivity index (χ3n) is 2.90. The minimum atomic E-state index is -2.81. The summed E-state index contributed by atoms with van der Waals surface area (Å²) in [6, 6.07) is 14.2. The van der Waals surface area contributed by atoms with Crippen molar-refractivity contribution >= 4 is 11.4 Å². The summed E-state index contributed by atoms with van der Waals surface area (Å²) in [6.07, 6.45) is 0. The van der Waals surface area contributed by atoms with Gasteiger partial charge in [-0.2, -0.15) is 13.9 Å². The summed E-state index contributed by atoms with van der Waals surface area (Å²) in [7, 11) is 0. The molecule has 0 aliphatic carbocycles. The molecule has 0 saturated carbocycles. The largest absolute Gasteiger partial charge is 0.435 e. The smallest absolute Gasteiger partial charge is 0.387 e. The highest BCUT2D eigenvalue weighted by Gasteiger charge is 2.04. The molecule has 3 nitrogen and oxygen atoms in total. The number of hydrogen-bond acceptors (Lipinski definition) is 3. The van der Waals surface area contributed by atoms with E-state index < -0.39 is 6.61 Å². The van der Waals surface area contributed by atoms with Crippen LogP contribution in [0, 0.1) is 6.92 Å². The van der Waals surface area contributed by atoms with E-state index in [1.807, 2.05) is 38.1 Å². The highest BCUT2D eigenvalue weighted by atomic mass is 19.3. The topological polar surface area (TPSA) is 33.6 Å². The maximum absolute atomic E-state index is 12.1. The van der Waals surface area contributed by atoms with E-state index >= 15 is 0 Å². The molecular formula is C16H16F2N2O. The summed E-state index contributed by atoms with van der Waals surface area (Å²) in [5.74, 6) is 0.132. The van der Waals surface area contributed by atoms with Gasteiger partial charge in [-0.1, -0.05) is 17.7 Å². The predicted octanol–water partition coefficient (Wildman–Crippen LogP) is 4.43. The Morgan fingerprint density at radius 2 is 1.67 bits per heavy atom. The van der Waals surface area contributed by atoms with Crippen molar-refractivity contribution in [3.8, 4) is 5.75 Å². The zero-order chi connectivity index (χ0) is 15.2. The summed E-state index contributed by atoms with van der Waals surface area (Å²) >= 11 is 0. The maximum Gasteiger partial charge on any atom is 0.387 e. The Morgan fingerprint density at radius 1 is 1.05 bits per heavy atom.